The summed E-state index contributed by atoms with van der Waals surface area (Å²) in [5.74, 6) is 0.0957. The number of oxime groups is 1. The number of nitrogens with zero attached hydrogens (tertiary/aromatic N) is 5. The van der Waals surface area contributed by atoms with Crippen LogP contribution < -0.4 is 10.9 Å². The lowest BCUT2D eigenvalue weighted by Gasteiger charge is -2.21. The van der Waals surface area contributed by atoms with Crippen LogP contribution in [0.4, 0.5) is 0 Å². The van der Waals surface area contributed by atoms with Gasteiger partial charge in [0.25, 0.3) is 5.91 Å². The SMILES string of the molecule is Cc1cc(Cl)ccc1C(C/C(=N/O)c1ccc(=O)n(C)c1)c1ccc(-c2ccc(C(=O)NCc3nnn[nH]3)cc2)cc1. The molecule has 0 spiro atoms. The molecule has 11 heteroatoms. The lowest BCUT2D eigenvalue weighted by atomic mass is 9.83. The average molecular weight is 582 g/mol. The number of H-pyrrole nitrogens is 1. The Hall–Kier alpha value is -5.09. The summed E-state index contributed by atoms with van der Waals surface area (Å²) in [5.41, 5.74) is 6.53. The van der Waals surface area contributed by atoms with E-state index in [9.17, 15) is 14.8 Å². The van der Waals surface area contributed by atoms with Crippen LogP contribution >= 0.6 is 11.6 Å². The number of aryl methyl sites for hydroxylation is 2. The number of carbonyl (C=O) groups is 1. The van der Waals surface area contributed by atoms with Gasteiger partial charge in [0.1, 0.15) is 0 Å². The van der Waals surface area contributed by atoms with Crippen molar-refractivity contribution in [2.45, 2.75) is 25.8 Å². The molecule has 3 N–H and O–H groups in total. The summed E-state index contributed by atoms with van der Waals surface area (Å²) in [6, 6.07) is 24.4. The second-order valence-corrected chi connectivity index (χ2v) is 10.3. The van der Waals surface area contributed by atoms with Crippen molar-refractivity contribution in [3.63, 3.8) is 0 Å². The van der Waals surface area contributed by atoms with Crippen LogP contribution in [0.3, 0.4) is 0 Å². The van der Waals surface area contributed by atoms with E-state index in [0.717, 1.165) is 27.8 Å². The normalized spacial score (nSPS) is 12.2. The maximum Gasteiger partial charge on any atom is 0.251 e. The highest BCUT2D eigenvalue weighted by molar-refractivity contribution is 6.30. The van der Waals surface area contributed by atoms with Gasteiger partial charge in [-0.05, 0) is 75.5 Å². The maximum atomic E-state index is 12.5. The minimum Gasteiger partial charge on any atom is -0.411 e. The summed E-state index contributed by atoms with van der Waals surface area (Å²) in [6.45, 7) is 2.21. The Morgan fingerprint density at radius 1 is 1.02 bits per heavy atom. The molecule has 2 aromatic heterocycles. The molecule has 0 aliphatic carbocycles. The number of carbonyl (C=O) groups excluding carboxylic acids is 1. The van der Waals surface area contributed by atoms with Crippen molar-refractivity contribution < 1.29 is 10.0 Å². The number of pyridine rings is 1. The van der Waals surface area contributed by atoms with Crippen LogP contribution in [-0.4, -0.2) is 42.0 Å². The highest BCUT2D eigenvalue weighted by atomic mass is 35.5. The zero-order valence-corrected chi connectivity index (χ0v) is 23.7. The molecule has 42 heavy (non-hydrogen) atoms. The molecule has 0 saturated heterocycles. The van der Waals surface area contributed by atoms with Crippen molar-refractivity contribution in [1.82, 2.24) is 30.5 Å². The number of hydrogen-bond acceptors (Lipinski definition) is 7. The number of aromatic amines is 1. The van der Waals surface area contributed by atoms with Gasteiger partial charge in [-0.3, -0.25) is 9.59 Å². The second-order valence-electron chi connectivity index (χ2n) is 9.90. The Morgan fingerprint density at radius 2 is 1.71 bits per heavy atom. The first-order valence-corrected chi connectivity index (χ1v) is 13.6. The van der Waals surface area contributed by atoms with E-state index in [0.29, 0.717) is 34.1 Å². The van der Waals surface area contributed by atoms with Crippen LogP contribution in [0.2, 0.25) is 5.02 Å². The summed E-state index contributed by atoms with van der Waals surface area (Å²) < 4.78 is 1.46. The summed E-state index contributed by atoms with van der Waals surface area (Å²) in [4.78, 5) is 24.4. The first kappa shape index (κ1) is 28.4. The number of nitrogens with one attached hydrogen (secondary N) is 2. The van der Waals surface area contributed by atoms with Crippen molar-refractivity contribution in [3.8, 4) is 11.1 Å². The van der Waals surface area contributed by atoms with Crippen molar-refractivity contribution in [2.75, 3.05) is 0 Å². The number of benzene rings is 3. The molecular formula is C31H28ClN7O3. The number of halogens is 1. The Balaban J connectivity index is 1.39. The zero-order valence-electron chi connectivity index (χ0n) is 23.0. The van der Waals surface area contributed by atoms with E-state index < -0.39 is 0 Å². The van der Waals surface area contributed by atoms with E-state index in [1.54, 1.807) is 31.4 Å². The van der Waals surface area contributed by atoms with E-state index in [4.69, 9.17) is 11.6 Å². The van der Waals surface area contributed by atoms with Gasteiger partial charge in [-0.25, -0.2) is 5.10 Å². The molecule has 2 heterocycles. The molecule has 5 aromatic rings. The van der Waals surface area contributed by atoms with Gasteiger partial charge in [-0.2, -0.15) is 0 Å². The van der Waals surface area contributed by atoms with Gasteiger partial charge in [-0.15, -0.1) is 5.10 Å². The number of rotatable bonds is 9. The predicted molar refractivity (Wildman–Crippen MR) is 160 cm³/mol. The average Bonchev–Trinajstić information content (AvgIpc) is 3.53. The van der Waals surface area contributed by atoms with Gasteiger partial charge < -0.3 is 15.1 Å². The van der Waals surface area contributed by atoms with Crippen molar-refractivity contribution in [2.24, 2.45) is 12.2 Å². The maximum absolute atomic E-state index is 12.5. The molecule has 10 nitrogen and oxygen atoms in total. The van der Waals surface area contributed by atoms with Crippen LogP contribution in [0.1, 0.15) is 50.8 Å². The van der Waals surface area contributed by atoms with E-state index in [1.807, 2.05) is 49.4 Å². The molecule has 3 aromatic carbocycles. The molecule has 1 atom stereocenters. The fourth-order valence-corrected chi connectivity index (χ4v) is 5.08. The quantitative estimate of drug-likeness (QED) is 0.129. The molecule has 0 radical (unpaired) electrons. The van der Waals surface area contributed by atoms with Gasteiger partial charge in [0.2, 0.25) is 5.56 Å². The summed E-state index contributed by atoms with van der Waals surface area (Å²) in [7, 11) is 1.66. The molecule has 0 aliphatic rings. The number of amides is 1. The van der Waals surface area contributed by atoms with E-state index in [2.05, 4.69) is 43.2 Å². The van der Waals surface area contributed by atoms with Crippen molar-refractivity contribution >= 4 is 23.2 Å². The topological polar surface area (TPSA) is 138 Å². The first-order valence-electron chi connectivity index (χ1n) is 13.2. The summed E-state index contributed by atoms with van der Waals surface area (Å²) in [6.07, 6.45) is 2.06. The molecule has 0 bridgehead atoms. The third-order valence-corrected chi connectivity index (χ3v) is 7.38. The molecule has 1 amide bonds. The van der Waals surface area contributed by atoms with Gasteiger partial charge >= 0.3 is 0 Å². The Morgan fingerprint density at radius 3 is 2.33 bits per heavy atom. The van der Waals surface area contributed by atoms with Crippen LogP contribution in [0.5, 0.6) is 0 Å². The molecule has 5 rings (SSSR count). The van der Waals surface area contributed by atoms with E-state index in [-0.39, 0.29) is 23.9 Å². The Bertz CT molecular complexity index is 1780. The monoisotopic (exact) mass is 581 g/mol. The summed E-state index contributed by atoms with van der Waals surface area (Å²) >= 11 is 6.26. The minimum absolute atomic E-state index is 0.144. The molecular weight excluding hydrogens is 554 g/mol. The number of tetrazole rings is 1. The van der Waals surface area contributed by atoms with Crippen LogP contribution in [0.15, 0.2) is 95.0 Å². The lowest BCUT2D eigenvalue weighted by Crippen LogP contribution is -2.23. The molecule has 212 valence electrons. The van der Waals surface area contributed by atoms with Crippen LogP contribution in [-0.2, 0) is 13.6 Å². The fraction of sp³-hybridized carbons (Fsp3) is 0.161. The predicted octanol–water partition coefficient (Wildman–Crippen LogP) is 4.86. The Labute approximate surface area is 246 Å². The fourth-order valence-electron chi connectivity index (χ4n) is 4.85. The van der Waals surface area contributed by atoms with Crippen LogP contribution in [0, 0.1) is 6.92 Å². The smallest absolute Gasteiger partial charge is 0.251 e. The third kappa shape index (κ3) is 6.45. The second kappa shape index (κ2) is 12.6. The van der Waals surface area contributed by atoms with E-state index in [1.165, 1.54) is 10.6 Å². The zero-order chi connectivity index (χ0) is 29.6. The first-order chi connectivity index (χ1) is 20.3. The number of aromatic nitrogens is 5. The number of hydrogen-bond donors (Lipinski definition) is 3. The van der Waals surface area contributed by atoms with Gasteiger partial charge in [0.15, 0.2) is 5.82 Å². The Kier molecular flexibility index (Phi) is 8.54. The standard InChI is InChI=1S/C31H28ClN7O3/c1-19-15-25(32)12-13-26(19)27(16-28(36-42)24-11-14-30(40)39(2)18-24)22-7-3-20(4-8-22)21-5-9-23(10-6-21)31(41)33-17-29-34-37-38-35-29/h3-15,18,27,42H,16-17H2,1-2H3,(H,33,41)(H,34,35,37,38)/b36-28-. The minimum atomic E-state index is -0.227. The molecule has 0 saturated carbocycles. The summed E-state index contributed by atoms with van der Waals surface area (Å²) in [5, 5.41) is 30.4. The molecule has 0 aliphatic heterocycles. The third-order valence-electron chi connectivity index (χ3n) is 7.14. The van der Waals surface area contributed by atoms with Gasteiger partial charge in [0.05, 0.1) is 12.3 Å². The largest absolute Gasteiger partial charge is 0.411 e. The molecule has 1 unspecified atom stereocenters. The highest BCUT2D eigenvalue weighted by Gasteiger charge is 2.21. The van der Waals surface area contributed by atoms with E-state index >= 15 is 0 Å². The lowest BCUT2D eigenvalue weighted by molar-refractivity contribution is 0.0950. The highest BCUT2D eigenvalue weighted by Crippen LogP contribution is 2.34. The van der Waals surface area contributed by atoms with Gasteiger partial charge in [0, 0.05) is 47.8 Å². The molecule has 0 fully saturated rings. The van der Waals surface area contributed by atoms with Crippen molar-refractivity contribution in [1.29, 1.82) is 0 Å². The van der Waals surface area contributed by atoms with Crippen LogP contribution in [0.25, 0.3) is 11.1 Å². The van der Waals surface area contributed by atoms with Crippen molar-refractivity contribution in [3.05, 3.63) is 134 Å². The van der Waals surface area contributed by atoms with Gasteiger partial charge in [-0.1, -0.05) is 59.2 Å².